The van der Waals surface area contributed by atoms with Gasteiger partial charge < -0.3 is 10.6 Å². The third kappa shape index (κ3) is 4.47. The Hall–Kier alpha value is -2.92. The van der Waals surface area contributed by atoms with E-state index in [1.807, 2.05) is 0 Å². The topological polar surface area (TPSA) is 88.5 Å². The van der Waals surface area contributed by atoms with E-state index in [9.17, 15) is 13.2 Å². The number of halogens is 3. The maximum atomic E-state index is 13.8. The number of aryl methyl sites for hydroxylation is 1. The average molecular weight is 474 g/mol. The van der Waals surface area contributed by atoms with Crippen molar-refractivity contribution < 1.29 is 13.2 Å². The molecule has 1 saturated heterocycles. The highest BCUT2D eigenvalue weighted by molar-refractivity contribution is 7.09. The normalized spacial score (nSPS) is 20.5. The highest BCUT2D eigenvalue weighted by atomic mass is 32.1. The molecule has 2 aliphatic rings. The lowest BCUT2D eigenvalue weighted by Gasteiger charge is -2.28. The van der Waals surface area contributed by atoms with E-state index in [1.165, 1.54) is 11.5 Å². The smallest absolute Gasteiger partial charge is 0.350 e. The minimum Gasteiger partial charge on any atom is -0.350 e. The molecule has 0 spiro atoms. The lowest BCUT2D eigenvalue weighted by Crippen LogP contribution is -2.43. The summed E-state index contributed by atoms with van der Waals surface area (Å²) in [5, 5.41) is 7.24. The Labute approximate surface area is 192 Å². The molecule has 1 fully saturated rings. The molecule has 0 aromatic carbocycles. The molecule has 0 radical (unpaired) electrons. The fourth-order valence-corrected chi connectivity index (χ4v) is 4.76. The Morgan fingerprint density at radius 2 is 2.00 bits per heavy atom. The number of allylic oxidation sites excluding steroid dienone is 1. The van der Waals surface area contributed by atoms with Gasteiger partial charge in [-0.05, 0) is 44.3 Å². The number of hydrogen-bond donors (Lipinski definition) is 2. The molecule has 33 heavy (non-hydrogen) atoms. The van der Waals surface area contributed by atoms with Crippen molar-refractivity contribution in [2.45, 2.75) is 51.4 Å². The quantitative estimate of drug-likeness (QED) is 0.585. The van der Waals surface area contributed by atoms with Crippen molar-refractivity contribution in [3.8, 4) is 10.7 Å². The SMILES string of the molecule is Cc1nsc(-c2ccc3c(n2)CC=C3c2nc(N[C@H]3CC[C@H](C)NC3)ncc2C(F)(F)F)n1. The summed E-state index contributed by atoms with van der Waals surface area (Å²) in [4.78, 5) is 17.3. The second-order valence-corrected chi connectivity index (χ2v) is 9.09. The molecule has 11 heteroatoms. The number of rotatable bonds is 4. The molecule has 0 saturated carbocycles. The highest BCUT2D eigenvalue weighted by Gasteiger charge is 2.37. The molecule has 7 nitrogen and oxygen atoms in total. The van der Waals surface area contributed by atoms with Crippen LogP contribution in [0.15, 0.2) is 24.4 Å². The molecule has 1 aliphatic carbocycles. The molecular formula is C22H22F3N7S. The fraction of sp³-hybridized carbons (Fsp3) is 0.409. The fourth-order valence-electron chi connectivity index (χ4n) is 4.12. The molecule has 0 bridgehead atoms. The first-order chi connectivity index (χ1) is 15.8. The number of fused-ring (bicyclic) bond motifs is 1. The monoisotopic (exact) mass is 473 g/mol. The van der Waals surface area contributed by atoms with Gasteiger partial charge in [0.15, 0.2) is 5.01 Å². The molecule has 4 heterocycles. The van der Waals surface area contributed by atoms with Gasteiger partial charge in [0.2, 0.25) is 5.95 Å². The second-order valence-electron chi connectivity index (χ2n) is 8.34. The molecule has 3 aromatic rings. The maximum absolute atomic E-state index is 13.8. The van der Waals surface area contributed by atoms with Crippen molar-refractivity contribution in [1.29, 1.82) is 0 Å². The Kier molecular flexibility index (Phi) is 5.61. The van der Waals surface area contributed by atoms with Crippen LogP contribution in [0.2, 0.25) is 0 Å². The van der Waals surface area contributed by atoms with E-state index in [0.29, 0.717) is 52.4 Å². The molecular weight excluding hydrogens is 451 g/mol. The summed E-state index contributed by atoms with van der Waals surface area (Å²) in [6.45, 7) is 4.62. The van der Waals surface area contributed by atoms with Crippen LogP contribution in [0, 0.1) is 6.92 Å². The number of nitrogens with one attached hydrogen (secondary N) is 2. The van der Waals surface area contributed by atoms with Gasteiger partial charge in [0.05, 0.1) is 11.4 Å². The summed E-state index contributed by atoms with van der Waals surface area (Å²) >= 11 is 1.25. The van der Waals surface area contributed by atoms with Crippen LogP contribution in [-0.2, 0) is 12.6 Å². The van der Waals surface area contributed by atoms with Crippen LogP contribution < -0.4 is 10.6 Å². The van der Waals surface area contributed by atoms with Crippen LogP contribution in [0.25, 0.3) is 16.3 Å². The molecule has 1 aliphatic heterocycles. The van der Waals surface area contributed by atoms with Gasteiger partial charge in [0.25, 0.3) is 0 Å². The van der Waals surface area contributed by atoms with Crippen molar-refractivity contribution in [3.05, 3.63) is 52.7 Å². The first-order valence-corrected chi connectivity index (χ1v) is 11.5. The van der Waals surface area contributed by atoms with Crippen molar-refractivity contribution in [2.24, 2.45) is 0 Å². The number of pyridine rings is 1. The van der Waals surface area contributed by atoms with Gasteiger partial charge in [-0.3, -0.25) is 0 Å². The zero-order valence-corrected chi connectivity index (χ0v) is 18.9. The zero-order chi connectivity index (χ0) is 23.2. The number of piperidine rings is 1. The Bertz CT molecular complexity index is 1210. The predicted molar refractivity (Wildman–Crippen MR) is 120 cm³/mol. The second kappa shape index (κ2) is 8.45. The summed E-state index contributed by atoms with van der Waals surface area (Å²) in [5.74, 6) is 0.859. The number of hydrogen-bond acceptors (Lipinski definition) is 8. The third-order valence-electron chi connectivity index (χ3n) is 5.85. The average Bonchev–Trinajstić information content (AvgIpc) is 3.40. The molecule has 3 aromatic heterocycles. The van der Waals surface area contributed by atoms with Crippen LogP contribution in [0.5, 0.6) is 0 Å². The predicted octanol–water partition coefficient (Wildman–Crippen LogP) is 4.26. The molecule has 172 valence electrons. The summed E-state index contributed by atoms with van der Waals surface area (Å²) in [7, 11) is 0. The van der Waals surface area contributed by atoms with E-state index in [2.05, 4.69) is 41.9 Å². The zero-order valence-electron chi connectivity index (χ0n) is 18.1. The van der Waals surface area contributed by atoms with Gasteiger partial charge >= 0.3 is 6.18 Å². The lowest BCUT2D eigenvalue weighted by molar-refractivity contribution is -0.138. The van der Waals surface area contributed by atoms with Gasteiger partial charge in [-0.2, -0.15) is 17.5 Å². The van der Waals surface area contributed by atoms with E-state index in [0.717, 1.165) is 19.0 Å². The maximum Gasteiger partial charge on any atom is 0.419 e. The Morgan fingerprint density at radius 3 is 2.70 bits per heavy atom. The first-order valence-electron chi connectivity index (χ1n) is 10.7. The summed E-state index contributed by atoms with van der Waals surface area (Å²) in [6, 6.07) is 4.04. The highest BCUT2D eigenvalue weighted by Crippen LogP contribution is 2.40. The van der Waals surface area contributed by atoms with E-state index >= 15 is 0 Å². The van der Waals surface area contributed by atoms with Crippen molar-refractivity contribution in [3.63, 3.8) is 0 Å². The minimum absolute atomic E-state index is 0.0650. The van der Waals surface area contributed by atoms with Gasteiger partial charge in [-0.1, -0.05) is 12.1 Å². The largest absolute Gasteiger partial charge is 0.419 e. The number of anilines is 1. The third-order valence-corrected chi connectivity index (χ3v) is 6.68. The van der Waals surface area contributed by atoms with Crippen LogP contribution in [-0.4, -0.2) is 42.9 Å². The summed E-state index contributed by atoms with van der Waals surface area (Å²) < 4.78 is 45.7. The Morgan fingerprint density at radius 1 is 1.15 bits per heavy atom. The van der Waals surface area contributed by atoms with Crippen LogP contribution >= 0.6 is 11.5 Å². The number of nitrogens with zero attached hydrogens (tertiary/aromatic N) is 5. The van der Waals surface area contributed by atoms with Gasteiger partial charge in [0.1, 0.15) is 17.1 Å². The molecule has 2 atom stereocenters. The standard InChI is InChI=1S/C22H22F3N7S/c1-11-3-4-13(9-26-11)29-21-27-10-16(22(23,24)25)19(31-21)15-6-7-17-14(15)5-8-18(30-17)20-28-12(2)32-33-20/h5-6,8,10-11,13,26H,3-4,7,9H2,1-2H3,(H,27,29,31)/t11-,13-/m0/s1. The van der Waals surface area contributed by atoms with Crippen LogP contribution in [0.3, 0.4) is 0 Å². The molecule has 5 rings (SSSR count). The van der Waals surface area contributed by atoms with Gasteiger partial charge in [0, 0.05) is 42.4 Å². The van der Waals surface area contributed by atoms with E-state index in [-0.39, 0.29) is 17.7 Å². The van der Waals surface area contributed by atoms with E-state index in [4.69, 9.17) is 0 Å². The number of alkyl halides is 3. The molecule has 0 amide bonds. The molecule has 2 N–H and O–H groups in total. The van der Waals surface area contributed by atoms with E-state index in [1.54, 1.807) is 25.1 Å². The van der Waals surface area contributed by atoms with Crippen molar-refractivity contribution in [1.82, 2.24) is 29.6 Å². The van der Waals surface area contributed by atoms with Crippen molar-refractivity contribution in [2.75, 3.05) is 11.9 Å². The Balaban J connectivity index is 1.48. The van der Waals surface area contributed by atoms with Gasteiger partial charge in [-0.15, -0.1) is 0 Å². The molecule has 0 unspecified atom stereocenters. The first kappa shape index (κ1) is 21.9. The summed E-state index contributed by atoms with van der Waals surface area (Å²) in [5.41, 5.74) is 1.44. The van der Waals surface area contributed by atoms with E-state index < -0.39 is 11.7 Å². The van der Waals surface area contributed by atoms with Crippen molar-refractivity contribution >= 4 is 23.1 Å². The lowest BCUT2D eigenvalue weighted by atomic mass is 10.0. The minimum atomic E-state index is -4.57. The number of aromatic nitrogens is 5. The summed E-state index contributed by atoms with van der Waals surface area (Å²) in [6.07, 6.45) is 0.344. The van der Waals surface area contributed by atoms with Crippen LogP contribution in [0.4, 0.5) is 19.1 Å². The van der Waals surface area contributed by atoms with Crippen LogP contribution in [0.1, 0.15) is 48.1 Å². The van der Waals surface area contributed by atoms with Gasteiger partial charge in [-0.25, -0.2) is 19.9 Å².